The summed E-state index contributed by atoms with van der Waals surface area (Å²) in [6, 6.07) is 26.1. The molecule has 0 aliphatic rings. The van der Waals surface area contributed by atoms with Crippen LogP contribution in [0.25, 0.3) is 22.3 Å². The minimum absolute atomic E-state index is 0.0627. The lowest BCUT2D eigenvalue weighted by molar-refractivity contribution is -0.142. The van der Waals surface area contributed by atoms with Gasteiger partial charge in [0.1, 0.15) is 6.04 Å². The van der Waals surface area contributed by atoms with Gasteiger partial charge >= 0.3 is 12.1 Å². The van der Waals surface area contributed by atoms with Gasteiger partial charge in [-0.3, -0.25) is 4.79 Å². The van der Waals surface area contributed by atoms with Crippen molar-refractivity contribution in [2.45, 2.75) is 23.7 Å². The van der Waals surface area contributed by atoms with E-state index in [-0.39, 0.29) is 30.1 Å². The zero-order valence-corrected chi connectivity index (χ0v) is 26.4. The van der Waals surface area contributed by atoms with Crippen molar-refractivity contribution in [1.29, 1.82) is 0 Å². The molecule has 0 spiro atoms. The number of aliphatic carboxylic acids is 1. The Morgan fingerprint density at radius 3 is 1.92 bits per heavy atom. The van der Waals surface area contributed by atoms with E-state index in [1.54, 1.807) is 31.3 Å². The Kier molecular flexibility index (Phi) is 10.1. The lowest BCUT2D eigenvalue weighted by Crippen LogP contribution is -2.49. The fourth-order valence-corrected chi connectivity index (χ4v) is 6.14. The molecule has 2 N–H and O–H groups in total. The number of amides is 1. The van der Waals surface area contributed by atoms with Crippen LogP contribution in [0, 0.1) is 0 Å². The number of hydrogen-bond donors (Lipinski definition) is 2. The van der Waals surface area contributed by atoms with Crippen LogP contribution in [0.15, 0.2) is 121 Å². The largest absolute Gasteiger partial charge is 0.480 e. The topological polar surface area (TPSA) is 122 Å². The third kappa shape index (κ3) is 8.17. The molecule has 13 heteroatoms. The number of carboxylic acids is 1. The standard InChI is InChI=1S/C35H31F3N4O5S/c1-41-22-32(39-23-41)48(46,47)40-19-20-42(31(34(44)45)21-24-7-9-26(10-8-24)25-5-3-2-4-6-25)33(43)29-13-11-27(12-14-29)28-15-17-30(18-16-28)35(36,37)38/h2-18,22-23,31,40H,19-21H2,1H3,(H,44,45)/t31-/m0/s1. The molecule has 1 atom stereocenters. The van der Waals surface area contributed by atoms with Crippen molar-refractivity contribution >= 4 is 21.9 Å². The molecule has 5 aromatic rings. The third-order valence-electron chi connectivity index (χ3n) is 7.69. The Morgan fingerprint density at radius 1 is 0.854 bits per heavy atom. The van der Waals surface area contributed by atoms with Crippen molar-refractivity contribution in [3.63, 3.8) is 0 Å². The van der Waals surface area contributed by atoms with Gasteiger partial charge in [0.15, 0.2) is 5.03 Å². The Balaban J connectivity index is 1.39. The molecular weight excluding hydrogens is 645 g/mol. The molecule has 0 aliphatic heterocycles. The number of nitrogens with zero attached hydrogens (tertiary/aromatic N) is 3. The van der Waals surface area contributed by atoms with Gasteiger partial charge in [0, 0.05) is 38.3 Å². The summed E-state index contributed by atoms with van der Waals surface area (Å²) in [5.41, 5.74) is 2.91. The SMILES string of the molecule is Cn1cnc(S(=O)(=O)NCCN(C(=O)c2ccc(-c3ccc(C(F)(F)F)cc3)cc2)[C@@H](Cc2ccc(-c3ccccc3)cc2)C(=O)O)c1. The molecule has 0 bridgehead atoms. The number of aryl methyl sites for hydroxylation is 1. The van der Waals surface area contributed by atoms with Gasteiger partial charge in [-0.2, -0.15) is 13.2 Å². The van der Waals surface area contributed by atoms with Gasteiger partial charge in [0.25, 0.3) is 15.9 Å². The Hall–Kier alpha value is -5.27. The second kappa shape index (κ2) is 14.2. The van der Waals surface area contributed by atoms with E-state index in [9.17, 15) is 36.3 Å². The number of carboxylic acid groups (broad SMARTS) is 1. The summed E-state index contributed by atoms with van der Waals surface area (Å²) in [4.78, 5) is 31.5. The Labute approximate surface area is 275 Å². The first kappa shape index (κ1) is 34.1. The quantitative estimate of drug-likeness (QED) is 0.170. The van der Waals surface area contributed by atoms with Crippen molar-refractivity contribution in [2.75, 3.05) is 13.1 Å². The molecule has 0 unspecified atom stereocenters. The molecule has 1 amide bonds. The monoisotopic (exact) mass is 676 g/mol. The number of carbonyl (C=O) groups excluding carboxylic acids is 1. The van der Waals surface area contributed by atoms with Crippen LogP contribution in [-0.2, 0) is 34.5 Å². The van der Waals surface area contributed by atoms with E-state index in [1.807, 2.05) is 42.5 Å². The lowest BCUT2D eigenvalue weighted by Gasteiger charge is -2.29. The third-order valence-corrected chi connectivity index (χ3v) is 9.04. The summed E-state index contributed by atoms with van der Waals surface area (Å²) in [6.45, 7) is -0.588. The normalized spacial score (nSPS) is 12.4. The maximum Gasteiger partial charge on any atom is 0.416 e. The van der Waals surface area contributed by atoms with Gasteiger partial charge < -0.3 is 14.6 Å². The van der Waals surface area contributed by atoms with Crippen LogP contribution in [0.1, 0.15) is 21.5 Å². The van der Waals surface area contributed by atoms with Crippen molar-refractivity contribution < 1.29 is 36.3 Å². The summed E-state index contributed by atoms with van der Waals surface area (Å²) >= 11 is 0. The highest BCUT2D eigenvalue weighted by atomic mass is 32.2. The maximum absolute atomic E-state index is 13.9. The molecule has 0 fully saturated rings. The molecule has 0 saturated carbocycles. The van der Waals surface area contributed by atoms with Crippen LogP contribution < -0.4 is 4.72 Å². The summed E-state index contributed by atoms with van der Waals surface area (Å²) in [5, 5.41) is 10.1. The molecule has 248 valence electrons. The predicted octanol–water partition coefficient (Wildman–Crippen LogP) is 5.89. The van der Waals surface area contributed by atoms with Crippen molar-refractivity contribution in [1.82, 2.24) is 19.2 Å². The van der Waals surface area contributed by atoms with Gasteiger partial charge in [-0.05, 0) is 52.1 Å². The first-order valence-corrected chi connectivity index (χ1v) is 16.2. The van der Waals surface area contributed by atoms with Gasteiger partial charge in [-0.25, -0.2) is 22.9 Å². The molecule has 0 radical (unpaired) electrons. The van der Waals surface area contributed by atoms with E-state index >= 15 is 0 Å². The maximum atomic E-state index is 13.9. The average molecular weight is 677 g/mol. The van der Waals surface area contributed by atoms with E-state index in [0.29, 0.717) is 16.7 Å². The van der Waals surface area contributed by atoms with E-state index < -0.39 is 39.7 Å². The Bertz CT molecular complexity index is 1980. The number of alkyl halides is 3. The predicted molar refractivity (Wildman–Crippen MR) is 173 cm³/mol. The summed E-state index contributed by atoms with van der Waals surface area (Å²) < 4.78 is 68.4. The second-order valence-electron chi connectivity index (χ2n) is 11.0. The smallest absolute Gasteiger partial charge is 0.416 e. The number of halogens is 3. The molecule has 9 nitrogen and oxygen atoms in total. The van der Waals surface area contributed by atoms with Crippen LogP contribution >= 0.6 is 0 Å². The first-order chi connectivity index (χ1) is 22.8. The minimum atomic E-state index is -4.48. The van der Waals surface area contributed by atoms with E-state index in [2.05, 4.69) is 9.71 Å². The molecule has 4 aromatic carbocycles. The zero-order valence-electron chi connectivity index (χ0n) is 25.6. The van der Waals surface area contributed by atoms with Gasteiger partial charge in [-0.1, -0.05) is 78.9 Å². The van der Waals surface area contributed by atoms with Crippen LogP contribution in [-0.4, -0.2) is 59.0 Å². The fraction of sp³-hybridized carbons (Fsp3) is 0.171. The van der Waals surface area contributed by atoms with Crippen molar-refractivity contribution in [3.8, 4) is 22.3 Å². The van der Waals surface area contributed by atoms with E-state index in [4.69, 9.17) is 0 Å². The highest BCUT2D eigenvalue weighted by molar-refractivity contribution is 7.89. The summed E-state index contributed by atoms with van der Waals surface area (Å²) in [6.07, 6.45) is -1.91. The number of sulfonamides is 1. The molecule has 5 rings (SSSR count). The minimum Gasteiger partial charge on any atom is -0.480 e. The summed E-state index contributed by atoms with van der Waals surface area (Å²) in [7, 11) is -2.44. The van der Waals surface area contributed by atoms with E-state index in [1.165, 1.54) is 41.4 Å². The van der Waals surface area contributed by atoms with Crippen LogP contribution in [0.2, 0.25) is 0 Å². The van der Waals surface area contributed by atoms with Crippen LogP contribution in [0.4, 0.5) is 13.2 Å². The Morgan fingerprint density at radius 2 is 1.40 bits per heavy atom. The highest BCUT2D eigenvalue weighted by Crippen LogP contribution is 2.31. The number of nitrogens with one attached hydrogen (secondary N) is 1. The van der Waals surface area contributed by atoms with Crippen molar-refractivity contribution in [3.05, 3.63) is 132 Å². The number of aromatic nitrogens is 2. The second-order valence-corrected chi connectivity index (χ2v) is 12.8. The fourth-order valence-electron chi connectivity index (χ4n) is 5.14. The van der Waals surface area contributed by atoms with E-state index in [0.717, 1.165) is 28.2 Å². The van der Waals surface area contributed by atoms with Crippen LogP contribution in [0.5, 0.6) is 0 Å². The number of benzene rings is 4. The lowest BCUT2D eigenvalue weighted by atomic mass is 9.99. The number of rotatable bonds is 12. The number of carbonyl (C=O) groups is 2. The number of hydrogen-bond acceptors (Lipinski definition) is 5. The van der Waals surface area contributed by atoms with Gasteiger partial charge in [0.2, 0.25) is 0 Å². The molecular formula is C35H31F3N4O5S. The average Bonchev–Trinajstić information content (AvgIpc) is 3.53. The highest BCUT2D eigenvalue weighted by Gasteiger charge is 2.32. The molecule has 1 heterocycles. The summed E-state index contributed by atoms with van der Waals surface area (Å²) in [5.74, 6) is -1.95. The number of imidazole rings is 1. The van der Waals surface area contributed by atoms with Crippen molar-refractivity contribution in [2.24, 2.45) is 7.05 Å². The zero-order chi connectivity index (χ0) is 34.5. The molecule has 0 saturated heterocycles. The molecule has 0 aliphatic carbocycles. The molecule has 1 aromatic heterocycles. The first-order valence-electron chi connectivity index (χ1n) is 14.8. The van der Waals surface area contributed by atoms with Gasteiger partial charge in [-0.15, -0.1) is 0 Å². The molecule has 48 heavy (non-hydrogen) atoms. The van der Waals surface area contributed by atoms with Crippen LogP contribution in [0.3, 0.4) is 0 Å². The van der Waals surface area contributed by atoms with Gasteiger partial charge in [0.05, 0.1) is 11.9 Å².